The fourth-order valence-electron chi connectivity index (χ4n) is 2.33. The van der Waals surface area contributed by atoms with Crippen molar-refractivity contribution in [3.05, 3.63) is 59.7 Å². The van der Waals surface area contributed by atoms with Crippen LogP contribution < -0.4 is 10.0 Å². The molecule has 2 aromatic carbocycles. The minimum absolute atomic E-state index is 0.112. The average molecular weight is 393 g/mol. The molecule has 0 saturated heterocycles. The van der Waals surface area contributed by atoms with Crippen LogP contribution in [0.25, 0.3) is 0 Å². The fraction of sp³-hybridized carbons (Fsp3) is 0.316. The van der Waals surface area contributed by atoms with Crippen LogP contribution in [0, 0.1) is 0 Å². The number of benzene rings is 2. The van der Waals surface area contributed by atoms with Gasteiger partial charge in [-0.15, -0.1) is 0 Å². The molecule has 7 heteroatoms. The van der Waals surface area contributed by atoms with Crippen LogP contribution in [-0.2, 0) is 15.8 Å². The van der Waals surface area contributed by atoms with Gasteiger partial charge in [0, 0.05) is 22.5 Å². The van der Waals surface area contributed by atoms with Crippen molar-refractivity contribution >= 4 is 33.4 Å². The highest BCUT2D eigenvalue weighted by molar-refractivity contribution is 7.97. The summed E-state index contributed by atoms with van der Waals surface area (Å²) in [5, 5.41) is 2.75. The molecule has 0 aliphatic rings. The molecule has 0 aliphatic heterocycles. The van der Waals surface area contributed by atoms with Gasteiger partial charge in [0.15, 0.2) is 0 Å². The number of hydrogen-bond acceptors (Lipinski definition) is 4. The molecule has 1 amide bonds. The van der Waals surface area contributed by atoms with Crippen molar-refractivity contribution in [2.75, 3.05) is 11.6 Å². The number of anilines is 1. The Morgan fingerprint density at radius 2 is 1.73 bits per heavy atom. The van der Waals surface area contributed by atoms with Crippen molar-refractivity contribution < 1.29 is 13.2 Å². The first-order chi connectivity index (χ1) is 12.1. The minimum atomic E-state index is -3.66. The number of hydrogen-bond donors (Lipinski definition) is 2. The van der Waals surface area contributed by atoms with Crippen molar-refractivity contribution in [3.63, 3.8) is 0 Å². The molecule has 0 unspecified atom stereocenters. The number of sulfonamides is 1. The maximum absolute atomic E-state index is 12.4. The molecule has 0 radical (unpaired) electrons. The molecule has 0 aliphatic carbocycles. The van der Waals surface area contributed by atoms with E-state index in [4.69, 9.17) is 0 Å². The first kappa shape index (κ1) is 20.5. The lowest BCUT2D eigenvalue weighted by Crippen LogP contribution is -2.40. The quantitative estimate of drug-likeness (QED) is 0.782. The molecular formula is C19H24N2O3S2. The Labute approximate surface area is 159 Å². The van der Waals surface area contributed by atoms with E-state index in [-0.39, 0.29) is 10.8 Å². The van der Waals surface area contributed by atoms with Crippen molar-refractivity contribution in [2.45, 2.75) is 37.0 Å². The van der Waals surface area contributed by atoms with E-state index in [0.717, 1.165) is 11.3 Å². The van der Waals surface area contributed by atoms with Crippen LogP contribution in [0.2, 0.25) is 0 Å². The third-order valence-electron chi connectivity index (χ3n) is 3.37. The largest absolute Gasteiger partial charge is 0.322 e. The van der Waals surface area contributed by atoms with Crippen LogP contribution in [0.15, 0.2) is 53.4 Å². The molecule has 0 fully saturated rings. The van der Waals surface area contributed by atoms with Gasteiger partial charge in [0.2, 0.25) is 10.0 Å². The Morgan fingerprint density at radius 3 is 2.31 bits per heavy atom. The lowest BCUT2D eigenvalue weighted by Gasteiger charge is -2.20. The Morgan fingerprint density at radius 1 is 1.08 bits per heavy atom. The second kappa shape index (κ2) is 8.24. The zero-order chi connectivity index (χ0) is 19.4. The summed E-state index contributed by atoms with van der Waals surface area (Å²) in [5.74, 6) is 0.613. The molecule has 26 heavy (non-hydrogen) atoms. The normalized spacial score (nSPS) is 12.0. The summed E-state index contributed by atoms with van der Waals surface area (Å²) in [6, 6.07) is 13.6. The van der Waals surface area contributed by atoms with Crippen molar-refractivity contribution in [1.82, 2.24) is 4.72 Å². The van der Waals surface area contributed by atoms with Crippen LogP contribution in [0.5, 0.6) is 0 Å². The highest BCUT2D eigenvalue weighted by atomic mass is 32.2. The maximum atomic E-state index is 12.4. The summed E-state index contributed by atoms with van der Waals surface area (Å²) in [6.45, 7) is 5.32. The summed E-state index contributed by atoms with van der Waals surface area (Å²) in [5.41, 5.74) is 1.52. The predicted molar refractivity (Wildman–Crippen MR) is 108 cm³/mol. The third-order valence-corrected chi connectivity index (χ3v) is 5.75. The predicted octanol–water partition coefficient (Wildman–Crippen LogP) is 3.88. The van der Waals surface area contributed by atoms with Gasteiger partial charge in [0.05, 0.1) is 4.90 Å². The van der Waals surface area contributed by atoms with Crippen molar-refractivity contribution in [2.24, 2.45) is 0 Å². The SMILES string of the molecule is CSCc1ccc(C(=O)Nc2cccc(S(=O)(=O)NC(C)(C)C)c2)cc1. The molecule has 0 aromatic heterocycles. The number of nitrogens with one attached hydrogen (secondary N) is 2. The lowest BCUT2D eigenvalue weighted by atomic mass is 10.1. The molecule has 0 spiro atoms. The lowest BCUT2D eigenvalue weighted by molar-refractivity contribution is 0.102. The summed E-state index contributed by atoms with van der Waals surface area (Å²) in [4.78, 5) is 12.5. The zero-order valence-electron chi connectivity index (χ0n) is 15.4. The molecule has 2 aromatic rings. The molecule has 0 bridgehead atoms. The van der Waals surface area contributed by atoms with E-state index in [9.17, 15) is 13.2 Å². The first-order valence-electron chi connectivity index (χ1n) is 8.14. The van der Waals surface area contributed by atoms with Gasteiger partial charge in [-0.1, -0.05) is 18.2 Å². The van der Waals surface area contributed by atoms with E-state index in [1.54, 1.807) is 56.8 Å². The molecule has 0 atom stereocenters. The summed E-state index contributed by atoms with van der Waals surface area (Å²) in [6.07, 6.45) is 2.02. The highest BCUT2D eigenvalue weighted by Crippen LogP contribution is 2.18. The summed E-state index contributed by atoms with van der Waals surface area (Å²) < 4.78 is 27.5. The van der Waals surface area contributed by atoms with Gasteiger partial charge in [-0.25, -0.2) is 13.1 Å². The number of carbonyl (C=O) groups is 1. The van der Waals surface area contributed by atoms with E-state index < -0.39 is 15.6 Å². The van der Waals surface area contributed by atoms with Crippen LogP contribution in [-0.4, -0.2) is 26.1 Å². The molecule has 2 N–H and O–H groups in total. The average Bonchev–Trinajstić information content (AvgIpc) is 2.54. The van der Waals surface area contributed by atoms with E-state index in [1.807, 2.05) is 18.4 Å². The number of carbonyl (C=O) groups excluding carboxylic acids is 1. The molecule has 0 heterocycles. The van der Waals surface area contributed by atoms with Gasteiger partial charge in [-0.3, -0.25) is 4.79 Å². The van der Waals surface area contributed by atoms with Gasteiger partial charge in [0.25, 0.3) is 5.91 Å². The van der Waals surface area contributed by atoms with E-state index in [2.05, 4.69) is 10.0 Å². The van der Waals surface area contributed by atoms with E-state index in [1.165, 1.54) is 12.1 Å². The Kier molecular flexibility index (Phi) is 6.49. The number of rotatable bonds is 6. The highest BCUT2D eigenvalue weighted by Gasteiger charge is 2.22. The minimum Gasteiger partial charge on any atom is -0.322 e. The molecule has 5 nitrogen and oxygen atoms in total. The second-order valence-electron chi connectivity index (χ2n) is 6.97. The van der Waals surface area contributed by atoms with Crippen LogP contribution in [0.4, 0.5) is 5.69 Å². The van der Waals surface area contributed by atoms with Crippen molar-refractivity contribution in [1.29, 1.82) is 0 Å². The summed E-state index contributed by atoms with van der Waals surface area (Å²) in [7, 11) is -3.66. The van der Waals surface area contributed by atoms with Gasteiger partial charge in [0.1, 0.15) is 0 Å². The zero-order valence-corrected chi connectivity index (χ0v) is 17.0. The van der Waals surface area contributed by atoms with E-state index in [0.29, 0.717) is 11.3 Å². The van der Waals surface area contributed by atoms with Crippen LogP contribution in [0.1, 0.15) is 36.7 Å². The third kappa shape index (κ3) is 5.86. The molecular weight excluding hydrogens is 368 g/mol. The second-order valence-corrected chi connectivity index (χ2v) is 9.52. The Hall–Kier alpha value is -1.83. The summed E-state index contributed by atoms with van der Waals surface area (Å²) >= 11 is 1.72. The van der Waals surface area contributed by atoms with Gasteiger partial charge in [-0.2, -0.15) is 11.8 Å². The van der Waals surface area contributed by atoms with Gasteiger partial charge >= 0.3 is 0 Å². The Bertz CT molecular complexity index is 870. The van der Waals surface area contributed by atoms with Crippen LogP contribution >= 0.6 is 11.8 Å². The molecule has 2 rings (SSSR count). The van der Waals surface area contributed by atoms with Crippen LogP contribution in [0.3, 0.4) is 0 Å². The van der Waals surface area contributed by atoms with Gasteiger partial charge < -0.3 is 5.32 Å². The smallest absolute Gasteiger partial charge is 0.255 e. The molecule has 140 valence electrons. The van der Waals surface area contributed by atoms with Gasteiger partial charge in [-0.05, 0) is 62.9 Å². The fourth-order valence-corrected chi connectivity index (χ4v) is 4.31. The monoisotopic (exact) mass is 392 g/mol. The molecule has 0 saturated carbocycles. The number of thioether (sulfide) groups is 1. The van der Waals surface area contributed by atoms with E-state index >= 15 is 0 Å². The Balaban J connectivity index is 2.16. The standard InChI is InChI=1S/C19H24N2O3S2/c1-19(2,3)21-26(23,24)17-7-5-6-16(12-17)20-18(22)15-10-8-14(9-11-15)13-25-4/h5-12,21H,13H2,1-4H3,(H,20,22). The van der Waals surface area contributed by atoms with Crippen molar-refractivity contribution in [3.8, 4) is 0 Å². The maximum Gasteiger partial charge on any atom is 0.255 e. The number of amides is 1. The topological polar surface area (TPSA) is 75.3 Å². The first-order valence-corrected chi connectivity index (χ1v) is 11.0.